The highest BCUT2D eigenvalue weighted by molar-refractivity contribution is 5.10. The predicted octanol–water partition coefficient (Wildman–Crippen LogP) is 0.934. The second-order valence-corrected chi connectivity index (χ2v) is 5.58. The molecule has 2 aliphatic rings. The first-order valence-electron chi connectivity index (χ1n) is 7.36. The summed E-state index contributed by atoms with van der Waals surface area (Å²) in [6, 6.07) is 2.98. The molecular weight excluding hydrogens is 240 g/mol. The Balaban J connectivity index is 1.75. The predicted molar refractivity (Wildman–Crippen MR) is 74.0 cm³/mol. The molecule has 1 aromatic heterocycles. The topological polar surface area (TPSA) is 42.3 Å². The highest BCUT2D eigenvalue weighted by atomic mass is 16.5. The number of nitrogens with zero attached hydrogens (tertiary/aromatic N) is 3. The van der Waals surface area contributed by atoms with E-state index in [-0.39, 0.29) is 12.1 Å². The van der Waals surface area contributed by atoms with Crippen LogP contribution in [-0.2, 0) is 11.8 Å². The third-order valence-corrected chi connectivity index (χ3v) is 4.39. The number of aromatic nitrogens is 2. The molecule has 0 saturated carbocycles. The molecule has 0 aromatic carbocycles. The smallest absolute Gasteiger partial charge is 0.0912 e. The van der Waals surface area contributed by atoms with Crippen molar-refractivity contribution in [1.82, 2.24) is 20.0 Å². The maximum Gasteiger partial charge on any atom is 0.0912 e. The number of nitrogens with one attached hydrogen (secondary N) is 1. The van der Waals surface area contributed by atoms with Gasteiger partial charge >= 0.3 is 0 Å². The minimum Gasteiger partial charge on any atom is -0.373 e. The van der Waals surface area contributed by atoms with Crippen molar-refractivity contribution in [2.24, 2.45) is 7.05 Å². The summed E-state index contributed by atoms with van der Waals surface area (Å²) in [5, 5.41) is 7.85. The van der Waals surface area contributed by atoms with Crippen molar-refractivity contribution in [3.05, 3.63) is 18.0 Å². The van der Waals surface area contributed by atoms with Gasteiger partial charge in [-0.1, -0.05) is 6.92 Å². The van der Waals surface area contributed by atoms with E-state index in [4.69, 9.17) is 4.74 Å². The fraction of sp³-hybridized carbons (Fsp3) is 0.786. The minimum absolute atomic E-state index is 0.227. The van der Waals surface area contributed by atoms with Crippen LogP contribution < -0.4 is 5.32 Å². The first kappa shape index (κ1) is 13.1. The van der Waals surface area contributed by atoms with Gasteiger partial charge in [0.15, 0.2) is 0 Å². The van der Waals surface area contributed by atoms with Gasteiger partial charge in [0.2, 0.25) is 0 Å². The number of morpholine rings is 1. The van der Waals surface area contributed by atoms with Crippen molar-refractivity contribution >= 4 is 0 Å². The van der Waals surface area contributed by atoms with E-state index in [1.165, 1.54) is 25.1 Å². The molecule has 2 saturated heterocycles. The van der Waals surface area contributed by atoms with Crippen LogP contribution in [0.5, 0.6) is 0 Å². The number of fused-ring (bicyclic) bond motifs is 1. The lowest BCUT2D eigenvalue weighted by Crippen LogP contribution is -2.51. The fourth-order valence-electron chi connectivity index (χ4n) is 3.38. The first-order valence-corrected chi connectivity index (χ1v) is 7.36. The average molecular weight is 264 g/mol. The number of likely N-dealkylation sites (N-methyl/N-ethyl adjacent to an activating group) is 1. The largest absolute Gasteiger partial charge is 0.373 e. The normalized spacial score (nSPS) is 29.4. The molecule has 0 amide bonds. The zero-order valence-corrected chi connectivity index (χ0v) is 11.9. The Kier molecular flexibility index (Phi) is 3.86. The van der Waals surface area contributed by atoms with Crippen molar-refractivity contribution in [2.75, 3.05) is 26.2 Å². The average Bonchev–Trinajstić information content (AvgIpc) is 3.03. The molecule has 5 nitrogen and oxygen atoms in total. The molecule has 19 heavy (non-hydrogen) atoms. The Morgan fingerprint density at radius 3 is 3.21 bits per heavy atom. The van der Waals surface area contributed by atoms with Crippen LogP contribution in [0, 0.1) is 0 Å². The van der Waals surface area contributed by atoms with E-state index < -0.39 is 0 Å². The zero-order valence-electron chi connectivity index (χ0n) is 11.9. The lowest BCUT2D eigenvalue weighted by molar-refractivity contribution is -0.0661. The zero-order chi connectivity index (χ0) is 13.2. The van der Waals surface area contributed by atoms with Crippen molar-refractivity contribution in [3.63, 3.8) is 0 Å². The molecular formula is C14H24N4O. The molecule has 3 unspecified atom stereocenters. The van der Waals surface area contributed by atoms with Crippen LogP contribution in [0.15, 0.2) is 12.3 Å². The van der Waals surface area contributed by atoms with Gasteiger partial charge in [-0.3, -0.25) is 9.58 Å². The summed E-state index contributed by atoms with van der Waals surface area (Å²) in [6.45, 7) is 6.23. The van der Waals surface area contributed by atoms with Gasteiger partial charge in [0.25, 0.3) is 0 Å². The highest BCUT2D eigenvalue weighted by Gasteiger charge is 2.36. The fourth-order valence-corrected chi connectivity index (χ4v) is 3.38. The minimum atomic E-state index is 0.227. The first-order chi connectivity index (χ1) is 9.29. The van der Waals surface area contributed by atoms with E-state index in [1.54, 1.807) is 0 Å². The van der Waals surface area contributed by atoms with E-state index in [0.717, 1.165) is 19.7 Å². The summed E-state index contributed by atoms with van der Waals surface area (Å²) >= 11 is 0. The molecule has 0 radical (unpaired) electrons. The Hall–Kier alpha value is -0.910. The second-order valence-electron chi connectivity index (χ2n) is 5.58. The number of rotatable bonds is 4. The molecule has 0 aliphatic carbocycles. The monoisotopic (exact) mass is 264 g/mol. The van der Waals surface area contributed by atoms with E-state index in [9.17, 15) is 0 Å². The summed E-state index contributed by atoms with van der Waals surface area (Å²) in [7, 11) is 2.00. The van der Waals surface area contributed by atoms with Crippen LogP contribution in [0.3, 0.4) is 0 Å². The Labute approximate surface area is 114 Å². The molecule has 3 atom stereocenters. The number of aryl methyl sites for hydroxylation is 1. The van der Waals surface area contributed by atoms with Gasteiger partial charge in [0, 0.05) is 25.8 Å². The van der Waals surface area contributed by atoms with E-state index in [1.807, 2.05) is 17.9 Å². The lowest BCUT2D eigenvalue weighted by Gasteiger charge is -2.39. The molecule has 2 fully saturated rings. The van der Waals surface area contributed by atoms with Gasteiger partial charge in [-0.15, -0.1) is 0 Å². The number of hydrogen-bond donors (Lipinski definition) is 1. The van der Waals surface area contributed by atoms with Crippen LogP contribution in [0.2, 0.25) is 0 Å². The van der Waals surface area contributed by atoms with Gasteiger partial charge in [0.1, 0.15) is 0 Å². The highest BCUT2D eigenvalue weighted by Crippen LogP contribution is 2.28. The van der Waals surface area contributed by atoms with Crippen LogP contribution in [0.1, 0.15) is 31.5 Å². The lowest BCUT2D eigenvalue weighted by atomic mass is 10.0. The Morgan fingerprint density at radius 1 is 1.58 bits per heavy atom. The van der Waals surface area contributed by atoms with Gasteiger partial charge in [-0.2, -0.15) is 5.10 Å². The maximum atomic E-state index is 6.14. The van der Waals surface area contributed by atoms with Crippen LogP contribution >= 0.6 is 0 Å². The van der Waals surface area contributed by atoms with E-state index >= 15 is 0 Å². The molecule has 3 rings (SSSR count). The number of hydrogen-bond acceptors (Lipinski definition) is 4. The van der Waals surface area contributed by atoms with Crippen molar-refractivity contribution in [1.29, 1.82) is 0 Å². The molecule has 1 N–H and O–H groups in total. The molecule has 106 valence electrons. The van der Waals surface area contributed by atoms with Gasteiger partial charge in [-0.05, 0) is 32.0 Å². The Bertz CT molecular complexity index is 419. The molecule has 2 aliphatic heterocycles. The van der Waals surface area contributed by atoms with E-state index in [0.29, 0.717) is 6.04 Å². The number of ether oxygens (including phenoxy) is 1. The third-order valence-electron chi connectivity index (χ3n) is 4.39. The molecule has 5 heteroatoms. The van der Waals surface area contributed by atoms with Crippen LogP contribution in [0.25, 0.3) is 0 Å². The Morgan fingerprint density at radius 2 is 2.47 bits per heavy atom. The molecule has 1 aromatic rings. The summed E-state index contributed by atoms with van der Waals surface area (Å²) in [5.41, 5.74) is 1.21. The standard InChI is InChI=1S/C14H24N4O/c1-3-15-14(12-6-7-16-17(12)2)13-9-18-8-4-5-11(18)10-19-13/h6-7,11,13-15H,3-5,8-10H2,1-2H3. The molecule has 0 bridgehead atoms. The summed E-state index contributed by atoms with van der Waals surface area (Å²) in [5.74, 6) is 0. The van der Waals surface area contributed by atoms with Gasteiger partial charge in [0.05, 0.1) is 24.4 Å². The molecule has 0 spiro atoms. The summed E-state index contributed by atoms with van der Waals surface area (Å²) in [6.07, 6.45) is 4.70. The maximum absolute atomic E-state index is 6.14. The van der Waals surface area contributed by atoms with Gasteiger partial charge in [-0.25, -0.2) is 0 Å². The van der Waals surface area contributed by atoms with Crippen LogP contribution in [0.4, 0.5) is 0 Å². The van der Waals surface area contributed by atoms with Crippen molar-refractivity contribution in [3.8, 4) is 0 Å². The summed E-state index contributed by atoms with van der Waals surface area (Å²) < 4.78 is 8.09. The quantitative estimate of drug-likeness (QED) is 0.878. The van der Waals surface area contributed by atoms with Crippen LogP contribution in [-0.4, -0.2) is 53.1 Å². The van der Waals surface area contributed by atoms with Crippen molar-refractivity contribution in [2.45, 2.75) is 38.0 Å². The van der Waals surface area contributed by atoms with Crippen molar-refractivity contribution < 1.29 is 4.74 Å². The van der Waals surface area contributed by atoms with Gasteiger partial charge < -0.3 is 10.1 Å². The third kappa shape index (κ3) is 2.55. The second kappa shape index (κ2) is 5.61. The van der Waals surface area contributed by atoms with E-state index in [2.05, 4.69) is 28.3 Å². The summed E-state index contributed by atoms with van der Waals surface area (Å²) in [4.78, 5) is 2.59. The SMILES string of the molecule is CCNC(c1ccnn1C)C1CN2CCCC2CO1. The molecule has 3 heterocycles.